The van der Waals surface area contributed by atoms with Crippen LogP contribution >= 0.6 is 23.2 Å². The number of nitrogens with zero attached hydrogens (tertiary/aromatic N) is 5. The minimum atomic E-state index is -4.10. The summed E-state index contributed by atoms with van der Waals surface area (Å²) in [5, 5.41) is 15.5. The number of nitrogens with two attached hydrogens (primary N) is 1. The van der Waals surface area contributed by atoms with Crippen LogP contribution in [0.3, 0.4) is 0 Å². The first-order valence-electron chi connectivity index (χ1n) is 13.3. The molecular weight excluding hydrogens is 617 g/mol. The van der Waals surface area contributed by atoms with Crippen LogP contribution in [0.25, 0.3) is 11.0 Å². The lowest BCUT2D eigenvalue weighted by atomic mass is 9.90. The van der Waals surface area contributed by atoms with E-state index in [0.29, 0.717) is 22.6 Å². The fraction of sp³-hybridized carbons (Fsp3) is 0.333. The number of sulfonamides is 1. The average molecular weight is 649 g/mol. The first kappa shape index (κ1) is 30.9. The number of nitrogens with one attached hydrogen (secondary N) is 3. The topological polar surface area (TPSA) is 173 Å². The summed E-state index contributed by atoms with van der Waals surface area (Å²) in [6.07, 6.45) is 0. The highest BCUT2D eigenvalue weighted by Gasteiger charge is 2.28. The number of piperazine rings is 1. The largest absolute Gasteiger partial charge is 0.361 e. The van der Waals surface area contributed by atoms with Gasteiger partial charge in [0, 0.05) is 61.6 Å². The van der Waals surface area contributed by atoms with E-state index in [-0.39, 0.29) is 44.3 Å². The molecule has 13 nitrogen and oxygen atoms in total. The maximum Gasteiger partial charge on any atom is 0.264 e. The van der Waals surface area contributed by atoms with Gasteiger partial charge in [-0.1, -0.05) is 35.3 Å². The molecule has 16 heteroatoms. The van der Waals surface area contributed by atoms with Gasteiger partial charge in [0.15, 0.2) is 11.5 Å². The number of hydrogen-bond donors (Lipinski definition) is 4. The van der Waals surface area contributed by atoms with E-state index in [4.69, 9.17) is 28.3 Å². The van der Waals surface area contributed by atoms with Crippen molar-refractivity contribution >= 4 is 61.7 Å². The Morgan fingerprint density at radius 1 is 1.12 bits per heavy atom. The Balaban J connectivity index is 1.53. The molecule has 3 heterocycles. The molecule has 0 aliphatic carbocycles. The van der Waals surface area contributed by atoms with Crippen LogP contribution in [-0.2, 0) is 14.8 Å². The number of aromatic nitrogens is 4. The summed E-state index contributed by atoms with van der Waals surface area (Å²) in [6.45, 7) is 3.73. The Hall–Kier alpha value is -3.53. The number of anilines is 2. The Bertz CT molecular complexity index is 1810. The van der Waals surface area contributed by atoms with Crippen molar-refractivity contribution in [1.29, 1.82) is 0 Å². The van der Waals surface area contributed by atoms with Crippen LogP contribution in [-0.4, -0.2) is 98.2 Å². The van der Waals surface area contributed by atoms with E-state index in [1.165, 1.54) is 12.1 Å². The van der Waals surface area contributed by atoms with Gasteiger partial charge in [-0.15, -0.1) is 0 Å². The molecule has 0 saturated carbocycles. The van der Waals surface area contributed by atoms with Crippen LogP contribution in [0.5, 0.6) is 0 Å². The lowest BCUT2D eigenvalue weighted by Crippen LogP contribution is -2.47. The van der Waals surface area contributed by atoms with E-state index >= 15 is 0 Å². The molecule has 1 unspecified atom stereocenters. The van der Waals surface area contributed by atoms with Crippen LogP contribution in [0.4, 0.5) is 11.5 Å². The molecule has 1 fully saturated rings. The normalized spacial score (nSPS) is 15.5. The summed E-state index contributed by atoms with van der Waals surface area (Å²) >= 11 is 13.2. The zero-order valence-electron chi connectivity index (χ0n) is 23.7. The van der Waals surface area contributed by atoms with Crippen LogP contribution < -0.4 is 20.9 Å². The van der Waals surface area contributed by atoms with Gasteiger partial charge >= 0.3 is 0 Å². The van der Waals surface area contributed by atoms with E-state index in [0.717, 1.165) is 26.2 Å². The van der Waals surface area contributed by atoms with Crippen molar-refractivity contribution in [2.24, 2.45) is 5.14 Å². The number of fused-ring (bicyclic) bond motifs is 1. The van der Waals surface area contributed by atoms with Crippen LogP contribution in [0.2, 0.25) is 10.0 Å². The first-order valence-corrected chi connectivity index (χ1v) is 15.6. The van der Waals surface area contributed by atoms with Crippen molar-refractivity contribution in [3.05, 3.63) is 73.7 Å². The number of carbonyl (C=O) groups excluding carboxylic acids is 1. The number of carbonyl (C=O) groups is 1. The highest BCUT2D eigenvalue weighted by atomic mass is 35.5. The highest BCUT2D eigenvalue weighted by Crippen LogP contribution is 2.40. The standard InChI is InChI=1S/C27H31Cl2N9O4S/c1-36(2)26-23-25(34-35-26)32-24(33-27(23)40)21(22-18(28)12-17(13-19(22)29)43(30,41)42)15-4-6-16(7-5-15)31-20(39)14-38-10-8-37(3)9-11-38/h4-7,12-13,21H,8-11,14H2,1-3H3,(H,31,39)(H2,30,41,42)(H2,32,33,34,35,40). The monoisotopic (exact) mass is 647 g/mol. The van der Waals surface area contributed by atoms with Gasteiger partial charge in [0.25, 0.3) is 5.56 Å². The number of likely N-dealkylation sites (N-methyl/N-ethyl adjacent to an activating group) is 1. The molecule has 0 bridgehead atoms. The van der Waals surface area contributed by atoms with Crippen molar-refractivity contribution in [1.82, 2.24) is 30.0 Å². The third-order valence-electron chi connectivity index (χ3n) is 7.29. The van der Waals surface area contributed by atoms with Gasteiger partial charge in [-0.3, -0.25) is 19.6 Å². The van der Waals surface area contributed by atoms with Gasteiger partial charge in [-0.2, -0.15) is 5.10 Å². The van der Waals surface area contributed by atoms with Gasteiger partial charge in [-0.05, 0) is 36.9 Å². The molecule has 2 aromatic heterocycles. The van der Waals surface area contributed by atoms with Crippen LogP contribution in [0.15, 0.2) is 46.1 Å². The summed E-state index contributed by atoms with van der Waals surface area (Å²) in [7, 11) is 1.47. The SMILES string of the molecule is CN1CCN(CC(=O)Nc2ccc(C(c3nc4[nH]nc(N(C)C)c4c(=O)[nH]3)c3c(Cl)cc(S(N)(=O)=O)cc3Cl)cc2)CC1. The van der Waals surface area contributed by atoms with E-state index in [9.17, 15) is 18.0 Å². The van der Waals surface area contributed by atoms with E-state index < -0.39 is 21.5 Å². The van der Waals surface area contributed by atoms with E-state index in [1.54, 1.807) is 43.3 Å². The van der Waals surface area contributed by atoms with Crippen molar-refractivity contribution in [2.45, 2.75) is 10.8 Å². The Morgan fingerprint density at radius 3 is 2.33 bits per heavy atom. The summed E-state index contributed by atoms with van der Waals surface area (Å²) in [6, 6.07) is 9.35. The molecule has 1 atom stereocenters. The molecule has 228 valence electrons. The number of primary sulfonamides is 1. The molecule has 1 aliphatic rings. The number of halogens is 2. The number of hydrogen-bond acceptors (Lipinski definition) is 9. The fourth-order valence-electron chi connectivity index (χ4n) is 5.03. The second-order valence-corrected chi connectivity index (χ2v) is 13.0. The van der Waals surface area contributed by atoms with Crippen molar-refractivity contribution in [2.75, 3.05) is 64.1 Å². The number of amides is 1. The molecule has 1 amide bonds. The number of rotatable bonds is 8. The predicted molar refractivity (Wildman–Crippen MR) is 167 cm³/mol. The Kier molecular flexibility index (Phi) is 8.79. The Labute approximate surface area is 258 Å². The van der Waals surface area contributed by atoms with Gasteiger partial charge in [0.2, 0.25) is 15.9 Å². The summed E-state index contributed by atoms with van der Waals surface area (Å²) in [5.74, 6) is -0.374. The minimum absolute atomic E-state index is 0.00687. The highest BCUT2D eigenvalue weighted by molar-refractivity contribution is 7.89. The molecule has 1 saturated heterocycles. The smallest absolute Gasteiger partial charge is 0.264 e. The second kappa shape index (κ2) is 12.2. The molecule has 1 aliphatic heterocycles. The molecule has 0 radical (unpaired) electrons. The van der Waals surface area contributed by atoms with E-state index in [2.05, 4.69) is 42.3 Å². The van der Waals surface area contributed by atoms with Gasteiger partial charge < -0.3 is 20.1 Å². The zero-order valence-corrected chi connectivity index (χ0v) is 26.0. The van der Waals surface area contributed by atoms with Crippen molar-refractivity contribution < 1.29 is 13.2 Å². The molecular formula is C27H31Cl2N9O4S. The molecule has 5 N–H and O–H groups in total. The fourth-order valence-corrected chi connectivity index (χ4v) is 6.43. The van der Waals surface area contributed by atoms with E-state index in [1.807, 2.05) is 0 Å². The Morgan fingerprint density at radius 2 is 1.74 bits per heavy atom. The van der Waals surface area contributed by atoms with Gasteiger partial charge in [0.05, 0.1) is 17.4 Å². The zero-order chi connectivity index (χ0) is 31.1. The summed E-state index contributed by atoms with van der Waals surface area (Å²) in [5.41, 5.74) is 1.29. The van der Waals surface area contributed by atoms with Gasteiger partial charge in [-0.25, -0.2) is 18.5 Å². The number of aromatic amines is 2. The van der Waals surface area contributed by atoms with Gasteiger partial charge in [0.1, 0.15) is 11.2 Å². The molecule has 0 spiro atoms. The maximum atomic E-state index is 13.3. The van der Waals surface area contributed by atoms with Crippen LogP contribution in [0.1, 0.15) is 22.9 Å². The van der Waals surface area contributed by atoms with Crippen molar-refractivity contribution in [3.63, 3.8) is 0 Å². The lowest BCUT2D eigenvalue weighted by molar-refractivity contribution is -0.117. The molecule has 2 aromatic carbocycles. The minimum Gasteiger partial charge on any atom is -0.361 e. The quantitative estimate of drug-likeness (QED) is 0.223. The number of H-pyrrole nitrogens is 2. The third kappa shape index (κ3) is 6.69. The second-order valence-electron chi connectivity index (χ2n) is 10.6. The molecule has 43 heavy (non-hydrogen) atoms. The first-order chi connectivity index (χ1) is 20.3. The molecule has 4 aromatic rings. The number of benzene rings is 2. The lowest BCUT2D eigenvalue weighted by Gasteiger charge is -2.31. The molecule has 5 rings (SSSR count). The summed E-state index contributed by atoms with van der Waals surface area (Å²) in [4.78, 5) is 39.2. The van der Waals surface area contributed by atoms with Crippen molar-refractivity contribution in [3.8, 4) is 0 Å². The maximum absolute atomic E-state index is 13.3. The predicted octanol–water partition coefficient (Wildman–Crippen LogP) is 2.03. The summed E-state index contributed by atoms with van der Waals surface area (Å²) < 4.78 is 24.0. The van der Waals surface area contributed by atoms with Crippen LogP contribution in [0, 0.1) is 0 Å². The third-order valence-corrected chi connectivity index (χ3v) is 8.80. The average Bonchev–Trinajstić information content (AvgIpc) is 3.37.